The van der Waals surface area contributed by atoms with Gasteiger partial charge in [-0.3, -0.25) is 9.59 Å². The fourth-order valence-electron chi connectivity index (χ4n) is 3.82. The summed E-state index contributed by atoms with van der Waals surface area (Å²) in [6, 6.07) is 13.9. The van der Waals surface area contributed by atoms with Gasteiger partial charge in [0.1, 0.15) is 12.0 Å². The lowest BCUT2D eigenvalue weighted by molar-refractivity contribution is -0.126. The van der Waals surface area contributed by atoms with Crippen LogP contribution in [0.15, 0.2) is 42.5 Å². The number of hydrogen-bond donors (Lipinski definition) is 2. The standard InChI is InChI=1S/C23H28N2O3/c1-24-21-10-7-18(8-11-21)23(27)25-14-20-13-19(9-12-22(20)28-2)17-5-3-16(15-26)4-6-17/h3-6,9,12-13,15,18,21,24H,7-8,10-11,14H2,1-2H3,(H,25,27). The minimum Gasteiger partial charge on any atom is -0.496 e. The van der Waals surface area contributed by atoms with Gasteiger partial charge in [0, 0.05) is 29.6 Å². The van der Waals surface area contributed by atoms with E-state index in [2.05, 4.69) is 10.6 Å². The first-order valence-corrected chi connectivity index (χ1v) is 9.82. The molecule has 0 aliphatic heterocycles. The van der Waals surface area contributed by atoms with Gasteiger partial charge in [0.25, 0.3) is 0 Å². The van der Waals surface area contributed by atoms with Crippen LogP contribution in [0.5, 0.6) is 5.75 Å². The van der Waals surface area contributed by atoms with Crippen LogP contribution in [0.25, 0.3) is 11.1 Å². The topological polar surface area (TPSA) is 67.4 Å². The third-order valence-electron chi connectivity index (χ3n) is 5.62. The lowest BCUT2D eigenvalue weighted by Crippen LogP contribution is -2.37. The monoisotopic (exact) mass is 380 g/mol. The summed E-state index contributed by atoms with van der Waals surface area (Å²) in [6.07, 6.45) is 4.78. The van der Waals surface area contributed by atoms with Gasteiger partial charge in [-0.25, -0.2) is 0 Å². The molecule has 5 heteroatoms. The zero-order valence-corrected chi connectivity index (χ0v) is 16.5. The fraction of sp³-hybridized carbons (Fsp3) is 0.391. The molecule has 0 heterocycles. The van der Waals surface area contributed by atoms with Crippen molar-refractivity contribution in [3.05, 3.63) is 53.6 Å². The molecule has 28 heavy (non-hydrogen) atoms. The molecule has 1 fully saturated rings. The van der Waals surface area contributed by atoms with Crippen molar-refractivity contribution in [3.63, 3.8) is 0 Å². The maximum absolute atomic E-state index is 12.6. The lowest BCUT2D eigenvalue weighted by Gasteiger charge is -2.27. The van der Waals surface area contributed by atoms with Crippen LogP contribution >= 0.6 is 0 Å². The van der Waals surface area contributed by atoms with Crippen molar-refractivity contribution < 1.29 is 14.3 Å². The van der Waals surface area contributed by atoms with Crippen molar-refractivity contribution in [1.29, 1.82) is 0 Å². The van der Waals surface area contributed by atoms with Crippen LogP contribution in [0.3, 0.4) is 0 Å². The van der Waals surface area contributed by atoms with Gasteiger partial charge < -0.3 is 15.4 Å². The number of rotatable bonds is 7. The Hall–Kier alpha value is -2.66. The van der Waals surface area contributed by atoms with Gasteiger partial charge in [0.2, 0.25) is 5.91 Å². The highest BCUT2D eigenvalue weighted by Gasteiger charge is 2.25. The molecule has 1 saturated carbocycles. The summed E-state index contributed by atoms with van der Waals surface area (Å²) < 4.78 is 5.47. The minimum atomic E-state index is 0.0923. The highest BCUT2D eigenvalue weighted by molar-refractivity contribution is 5.79. The van der Waals surface area contributed by atoms with Crippen LogP contribution in [0.1, 0.15) is 41.6 Å². The van der Waals surface area contributed by atoms with Gasteiger partial charge in [-0.05, 0) is 56.0 Å². The zero-order valence-electron chi connectivity index (χ0n) is 16.5. The zero-order chi connectivity index (χ0) is 19.9. The Balaban J connectivity index is 1.68. The summed E-state index contributed by atoms with van der Waals surface area (Å²) in [5, 5.41) is 6.39. The molecule has 0 bridgehead atoms. The molecule has 0 unspecified atom stereocenters. The fourth-order valence-corrected chi connectivity index (χ4v) is 3.82. The molecule has 1 aliphatic rings. The number of benzene rings is 2. The second-order valence-electron chi connectivity index (χ2n) is 7.32. The summed E-state index contributed by atoms with van der Waals surface area (Å²) in [4.78, 5) is 23.4. The first-order valence-electron chi connectivity index (χ1n) is 9.82. The van der Waals surface area contributed by atoms with Crippen LogP contribution in [0, 0.1) is 5.92 Å². The molecule has 5 nitrogen and oxygen atoms in total. The van der Waals surface area contributed by atoms with E-state index in [1.54, 1.807) is 19.2 Å². The Morgan fingerprint density at radius 3 is 2.36 bits per heavy atom. The molecule has 1 aliphatic carbocycles. The maximum atomic E-state index is 12.6. The van der Waals surface area contributed by atoms with Gasteiger partial charge in [0.15, 0.2) is 0 Å². The van der Waals surface area contributed by atoms with E-state index in [1.807, 2.05) is 37.4 Å². The predicted octanol–water partition coefficient (Wildman–Crippen LogP) is 3.57. The maximum Gasteiger partial charge on any atom is 0.223 e. The molecule has 3 rings (SSSR count). The third kappa shape index (κ3) is 4.78. The van der Waals surface area contributed by atoms with Crippen LogP contribution in [0.4, 0.5) is 0 Å². The number of aldehydes is 1. The summed E-state index contributed by atoms with van der Waals surface area (Å²) in [5.74, 6) is 0.972. The predicted molar refractivity (Wildman–Crippen MR) is 110 cm³/mol. The van der Waals surface area contributed by atoms with E-state index >= 15 is 0 Å². The van der Waals surface area contributed by atoms with Crippen molar-refractivity contribution in [2.45, 2.75) is 38.3 Å². The lowest BCUT2D eigenvalue weighted by atomic mass is 9.85. The first kappa shape index (κ1) is 20.1. The minimum absolute atomic E-state index is 0.0923. The van der Waals surface area contributed by atoms with Crippen molar-refractivity contribution in [2.24, 2.45) is 5.92 Å². The van der Waals surface area contributed by atoms with Gasteiger partial charge in [-0.1, -0.05) is 30.3 Å². The molecular formula is C23H28N2O3. The molecule has 0 saturated heterocycles. The van der Waals surface area contributed by atoms with E-state index in [0.717, 1.165) is 54.4 Å². The SMILES string of the molecule is CNC1CCC(C(=O)NCc2cc(-c3ccc(C=O)cc3)ccc2OC)CC1. The van der Waals surface area contributed by atoms with Gasteiger partial charge in [-0.2, -0.15) is 0 Å². The second kappa shape index (κ2) is 9.51. The number of carbonyl (C=O) groups is 2. The molecule has 1 amide bonds. The largest absolute Gasteiger partial charge is 0.496 e. The van der Waals surface area contributed by atoms with E-state index in [-0.39, 0.29) is 11.8 Å². The highest BCUT2D eigenvalue weighted by Crippen LogP contribution is 2.28. The first-order chi connectivity index (χ1) is 13.6. The van der Waals surface area contributed by atoms with Gasteiger partial charge in [0.05, 0.1) is 7.11 Å². The Morgan fingerprint density at radius 2 is 1.75 bits per heavy atom. The average Bonchev–Trinajstić information content (AvgIpc) is 2.77. The molecule has 2 aromatic carbocycles. The van der Waals surface area contributed by atoms with Crippen molar-refractivity contribution in [3.8, 4) is 16.9 Å². The van der Waals surface area contributed by atoms with E-state index in [4.69, 9.17) is 4.74 Å². The summed E-state index contributed by atoms with van der Waals surface area (Å²) in [7, 11) is 3.62. The molecular weight excluding hydrogens is 352 g/mol. The molecule has 2 N–H and O–H groups in total. The van der Waals surface area contributed by atoms with Gasteiger partial charge >= 0.3 is 0 Å². The Morgan fingerprint density at radius 1 is 1.07 bits per heavy atom. The highest BCUT2D eigenvalue weighted by atomic mass is 16.5. The number of hydrogen-bond acceptors (Lipinski definition) is 4. The van der Waals surface area contributed by atoms with Crippen molar-refractivity contribution in [2.75, 3.05) is 14.2 Å². The quantitative estimate of drug-likeness (QED) is 0.721. The van der Waals surface area contributed by atoms with E-state index in [0.29, 0.717) is 18.2 Å². The number of carbonyl (C=O) groups excluding carboxylic acids is 2. The third-order valence-corrected chi connectivity index (χ3v) is 5.62. The van der Waals surface area contributed by atoms with E-state index < -0.39 is 0 Å². The Kier molecular flexibility index (Phi) is 6.82. The Labute approximate surface area is 166 Å². The van der Waals surface area contributed by atoms with Gasteiger partial charge in [-0.15, -0.1) is 0 Å². The molecule has 2 aromatic rings. The number of nitrogens with one attached hydrogen (secondary N) is 2. The Bertz CT molecular complexity index is 809. The molecule has 0 atom stereocenters. The smallest absolute Gasteiger partial charge is 0.223 e. The summed E-state index contributed by atoms with van der Waals surface area (Å²) in [5.41, 5.74) is 3.64. The molecule has 0 spiro atoms. The number of amides is 1. The van der Waals surface area contributed by atoms with Crippen LogP contribution in [-0.4, -0.2) is 32.4 Å². The van der Waals surface area contributed by atoms with E-state index in [1.165, 1.54) is 0 Å². The number of methoxy groups -OCH3 is 1. The summed E-state index contributed by atoms with van der Waals surface area (Å²) >= 11 is 0. The van der Waals surface area contributed by atoms with Crippen LogP contribution < -0.4 is 15.4 Å². The van der Waals surface area contributed by atoms with E-state index in [9.17, 15) is 9.59 Å². The summed E-state index contributed by atoms with van der Waals surface area (Å²) in [6.45, 7) is 0.439. The normalized spacial score (nSPS) is 19.1. The van der Waals surface area contributed by atoms with Crippen molar-refractivity contribution >= 4 is 12.2 Å². The van der Waals surface area contributed by atoms with Crippen LogP contribution in [0.2, 0.25) is 0 Å². The number of ether oxygens (including phenoxy) is 1. The molecule has 148 valence electrons. The molecule has 0 radical (unpaired) electrons. The van der Waals surface area contributed by atoms with Crippen LogP contribution in [-0.2, 0) is 11.3 Å². The van der Waals surface area contributed by atoms with Crippen molar-refractivity contribution in [1.82, 2.24) is 10.6 Å². The molecule has 0 aromatic heterocycles. The second-order valence-corrected chi connectivity index (χ2v) is 7.32. The average molecular weight is 380 g/mol.